The minimum Gasteiger partial charge on any atom is -0.372 e. The van der Waals surface area contributed by atoms with Gasteiger partial charge in [0.15, 0.2) is 0 Å². The molecule has 0 aliphatic heterocycles. The van der Waals surface area contributed by atoms with Crippen LogP contribution in [0, 0.1) is 5.92 Å². The number of anilines is 1. The van der Waals surface area contributed by atoms with E-state index in [2.05, 4.69) is 43.1 Å². The summed E-state index contributed by atoms with van der Waals surface area (Å²) in [6, 6.07) is 9.66. The Labute approximate surface area is 118 Å². The highest BCUT2D eigenvalue weighted by molar-refractivity contribution is 5.48. The molecule has 0 saturated heterocycles. The average molecular weight is 260 g/mol. The molecule has 0 radical (unpaired) electrons. The summed E-state index contributed by atoms with van der Waals surface area (Å²) in [6.07, 6.45) is 7.82. The summed E-state index contributed by atoms with van der Waals surface area (Å²) in [5.41, 5.74) is 8.28. The molecule has 0 aromatic heterocycles. The van der Waals surface area contributed by atoms with Crippen molar-refractivity contribution in [1.29, 1.82) is 0 Å². The highest BCUT2D eigenvalue weighted by Gasteiger charge is 2.23. The molecular formula is C17H28N2. The first-order chi connectivity index (χ1) is 9.24. The molecule has 1 aliphatic carbocycles. The second-order valence-electron chi connectivity index (χ2n) is 5.90. The molecule has 0 unspecified atom stereocenters. The van der Waals surface area contributed by atoms with Crippen LogP contribution in [0.2, 0.25) is 0 Å². The first-order valence-electron chi connectivity index (χ1n) is 7.76. The first-order valence-corrected chi connectivity index (χ1v) is 7.76. The second-order valence-corrected chi connectivity index (χ2v) is 5.90. The van der Waals surface area contributed by atoms with Crippen LogP contribution < -0.4 is 10.6 Å². The van der Waals surface area contributed by atoms with Crippen LogP contribution in [0.3, 0.4) is 0 Å². The molecule has 2 nitrogen and oxygen atoms in total. The fraction of sp³-hybridized carbons (Fsp3) is 0.647. The molecule has 2 rings (SSSR count). The largest absolute Gasteiger partial charge is 0.372 e. The van der Waals surface area contributed by atoms with Crippen LogP contribution >= 0.6 is 0 Å². The molecule has 1 fully saturated rings. The summed E-state index contributed by atoms with van der Waals surface area (Å²) in [5.74, 6) is 0.969. The Morgan fingerprint density at radius 3 is 2.26 bits per heavy atom. The summed E-state index contributed by atoms with van der Waals surface area (Å²) in [6.45, 7) is 3.06. The van der Waals surface area contributed by atoms with Gasteiger partial charge in [0, 0.05) is 18.8 Å². The lowest BCUT2D eigenvalue weighted by atomic mass is 9.84. The number of benzene rings is 1. The standard InChI is InChI=1S/C17H28N2/c1-3-14-4-8-16(9-5-14)19(2)17-10-6-15(7-11-17)12-13-18/h6-7,10-11,14,16H,3-5,8-9,12-13,18H2,1-2H3. The molecule has 1 aromatic carbocycles. The lowest BCUT2D eigenvalue weighted by Crippen LogP contribution is -2.35. The van der Waals surface area contributed by atoms with Crippen molar-refractivity contribution in [2.45, 2.75) is 51.5 Å². The number of hydrogen-bond donors (Lipinski definition) is 1. The quantitative estimate of drug-likeness (QED) is 0.876. The van der Waals surface area contributed by atoms with Crippen molar-refractivity contribution >= 4 is 5.69 Å². The monoisotopic (exact) mass is 260 g/mol. The molecule has 19 heavy (non-hydrogen) atoms. The zero-order valence-corrected chi connectivity index (χ0v) is 12.4. The van der Waals surface area contributed by atoms with E-state index in [4.69, 9.17) is 5.73 Å². The van der Waals surface area contributed by atoms with Gasteiger partial charge in [0.25, 0.3) is 0 Å². The molecule has 1 saturated carbocycles. The van der Waals surface area contributed by atoms with E-state index in [1.807, 2.05) is 0 Å². The Morgan fingerprint density at radius 2 is 1.74 bits per heavy atom. The van der Waals surface area contributed by atoms with Gasteiger partial charge in [0.1, 0.15) is 0 Å². The van der Waals surface area contributed by atoms with E-state index in [0.717, 1.165) is 24.9 Å². The van der Waals surface area contributed by atoms with E-state index in [1.165, 1.54) is 43.4 Å². The van der Waals surface area contributed by atoms with Crippen molar-refractivity contribution in [1.82, 2.24) is 0 Å². The predicted molar refractivity (Wildman–Crippen MR) is 83.6 cm³/mol. The summed E-state index contributed by atoms with van der Waals surface area (Å²) >= 11 is 0. The molecule has 0 heterocycles. The minimum absolute atomic E-state index is 0.725. The summed E-state index contributed by atoms with van der Waals surface area (Å²) in [5, 5.41) is 0. The van der Waals surface area contributed by atoms with E-state index in [-0.39, 0.29) is 0 Å². The molecule has 0 bridgehead atoms. The van der Waals surface area contributed by atoms with Crippen LogP contribution in [-0.2, 0) is 6.42 Å². The van der Waals surface area contributed by atoms with Gasteiger partial charge in [-0.1, -0.05) is 25.5 Å². The number of rotatable bonds is 5. The first kappa shape index (κ1) is 14.4. The predicted octanol–water partition coefficient (Wildman–Crippen LogP) is 3.59. The van der Waals surface area contributed by atoms with Gasteiger partial charge in [0.05, 0.1) is 0 Å². The van der Waals surface area contributed by atoms with E-state index in [1.54, 1.807) is 0 Å². The molecule has 0 amide bonds. The highest BCUT2D eigenvalue weighted by Crippen LogP contribution is 2.31. The molecule has 2 N–H and O–H groups in total. The van der Waals surface area contributed by atoms with Crippen LogP contribution in [0.5, 0.6) is 0 Å². The maximum Gasteiger partial charge on any atom is 0.0366 e. The van der Waals surface area contributed by atoms with Gasteiger partial charge in [0.2, 0.25) is 0 Å². The molecule has 1 aliphatic rings. The zero-order valence-electron chi connectivity index (χ0n) is 12.4. The Hall–Kier alpha value is -1.02. The van der Waals surface area contributed by atoms with E-state index in [9.17, 15) is 0 Å². The Balaban J connectivity index is 1.94. The average Bonchev–Trinajstić information content (AvgIpc) is 2.48. The smallest absolute Gasteiger partial charge is 0.0366 e. The fourth-order valence-electron chi connectivity index (χ4n) is 3.22. The normalized spacial score (nSPS) is 23.3. The summed E-state index contributed by atoms with van der Waals surface area (Å²) < 4.78 is 0. The third-order valence-electron chi connectivity index (χ3n) is 4.72. The highest BCUT2D eigenvalue weighted by atomic mass is 15.1. The van der Waals surface area contributed by atoms with Crippen molar-refractivity contribution < 1.29 is 0 Å². The fourth-order valence-corrected chi connectivity index (χ4v) is 3.22. The van der Waals surface area contributed by atoms with Crippen molar-refractivity contribution in [3.8, 4) is 0 Å². The van der Waals surface area contributed by atoms with Gasteiger partial charge in [-0.05, 0) is 62.3 Å². The van der Waals surface area contributed by atoms with Gasteiger partial charge in [-0.25, -0.2) is 0 Å². The van der Waals surface area contributed by atoms with E-state index >= 15 is 0 Å². The van der Waals surface area contributed by atoms with Gasteiger partial charge in [-0.15, -0.1) is 0 Å². The second kappa shape index (κ2) is 6.95. The summed E-state index contributed by atoms with van der Waals surface area (Å²) in [7, 11) is 2.24. The van der Waals surface area contributed by atoms with Crippen LogP contribution in [0.25, 0.3) is 0 Å². The summed E-state index contributed by atoms with van der Waals surface area (Å²) in [4.78, 5) is 2.47. The van der Waals surface area contributed by atoms with E-state index < -0.39 is 0 Å². The zero-order chi connectivity index (χ0) is 13.7. The van der Waals surface area contributed by atoms with Crippen molar-refractivity contribution in [3.05, 3.63) is 29.8 Å². The Kier molecular flexibility index (Phi) is 5.26. The lowest BCUT2D eigenvalue weighted by molar-refractivity contribution is 0.313. The number of hydrogen-bond acceptors (Lipinski definition) is 2. The van der Waals surface area contributed by atoms with Crippen LogP contribution in [0.15, 0.2) is 24.3 Å². The minimum atomic E-state index is 0.725. The van der Waals surface area contributed by atoms with Gasteiger partial charge in [-0.3, -0.25) is 0 Å². The molecule has 0 atom stereocenters. The topological polar surface area (TPSA) is 29.3 Å². The Morgan fingerprint density at radius 1 is 1.11 bits per heavy atom. The Bertz CT molecular complexity index is 363. The number of nitrogens with zero attached hydrogens (tertiary/aromatic N) is 1. The van der Waals surface area contributed by atoms with E-state index in [0.29, 0.717) is 0 Å². The van der Waals surface area contributed by atoms with Gasteiger partial charge >= 0.3 is 0 Å². The maximum absolute atomic E-state index is 5.59. The van der Waals surface area contributed by atoms with Gasteiger partial charge in [-0.2, -0.15) is 0 Å². The lowest BCUT2D eigenvalue weighted by Gasteiger charge is -2.36. The SMILES string of the molecule is CCC1CCC(N(C)c2ccc(CCN)cc2)CC1. The van der Waals surface area contributed by atoms with Crippen molar-refractivity contribution in [2.75, 3.05) is 18.5 Å². The molecular weight excluding hydrogens is 232 g/mol. The molecule has 0 spiro atoms. The molecule has 1 aromatic rings. The third kappa shape index (κ3) is 3.73. The molecule has 2 heteroatoms. The molecule has 106 valence electrons. The van der Waals surface area contributed by atoms with Crippen LogP contribution in [0.1, 0.15) is 44.6 Å². The van der Waals surface area contributed by atoms with Gasteiger partial charge < -0.3 is 10.6 Å². The maximum atomic E-state index is 5.59. The van der Waals surface area contributed by atoms with Crippen molar-refractivity contribution in [3.63, 3.8) is 0 Å². The van der Waals surface area contributed by atoms with Crippen LogP contribution in [0.4, 0.5) is 5.69 Å². The number of nitrogens with two attached hydrogens (primary N) is 1. The third-order valence-corrected chi connectivity index (χ3v) is 4.72. The van der Waals surface area contributed by atoms with Crippen LogP contribution in [-0.4, -0.2) is 19.6 Å². The van der Waals surface area contributed by atoms with Crippen molar-refractivity contribution in [2.24, 2.45) is 11.7 Å².